The van der Waals surface area contributed by atoms with Crippen LogP contribution in [-0.2, 0) is 4.46 Å². The van der Waals surface area contributed by atoms with E-state index < -0.39 is 9.17 Å². The second kappa shape index (κ2) is 4.21. The second-order valence-electron chi connectivity index (χ2n) is 0.283. The fourth-order valence-corrected chi connectivity index (χ4v) is 0. The molecule has 0 aromatic carbocycles. The van der Waals surface area contributed by atoms with Crippen LogP contribution >= 0.6 is 0 Å². The third kappa shape index (κ3) is 450. The predicted molar refractivity (Wildman–Crippen MR) is 12.0 cm³/mol. The predicted octanol–water partition coefficient (Wildman–Crippen LogP) is -4.50. The van der Waals surface area contributed by atoms with Crippen LogP contribution in [0.15, 0.2) is 0 Å². The molecule has 0 amide bonds. The molecular formula is H3LiO3Si. The number of hydrogen-bond donors (Lipinski definition) is 2. The third-order valence-corrected chi connectivity index (χ3v) is 0. The van der Waals surface area contributed by atoms with Gasteiger partial charge in [-0.1, -0.05) is 0 Å². The summed E-state index contributed by atoms with van der Waals surface area (Å²) in [5, 5.41) is 0. The van der Waals surface area contributed by atoms with Crippen LogP contribution in [-0.4, -0.2) is 18.8 Å². The molecule has 2 N–H and O–H groups in total. The van der Waals surface area contributed by atoms with Crippen LogP contribution in [0.25, 0.3) is 0 Å². The van der Waals surface area contributed by atoms with Crippen molar-refractivity contribution in [3.8, 4) is 0 Å². The summed E-state index contributed by atoms with van der Waals surface area (Å²) in [5.41, 5.74) is 0. The maximum absolute atomic E-state index is 8.74. The first-order valence-corrected chi connectivity index (χ1v) is 1.95. The van der Waals surface area contributed by atoms with E-state index >= 15 is 0 Å². The van der Waals surface area contributed by atoms with Crippen molar-refractivity contribution in [3.63, 3.8) is 0 Å². The molecule has 0 aliphatic rings. The minimum Gasteiger partial charge on any atom is -1.00 e. The Morgan fingerprint density at radius 1 is 1.60 bits per heavy atom. The molecule has 0 atom stereocenters. The Morgan fingerprint density at radius 3 is 1.60 bits per heavy atom. The summed E-state index contributed by atoms with van der Waals surface area (Å²) in [4.78, 5) is 14.3. The quantitative estimate of drug-likeness (QED) is 0.292. The Bertz CT molecular complexity index is 33.8. The Labute approximate surface area is 44.2 Å². The van der Waals surface area contributed by atoms with Gasteiger partial charge in [0, 0.05) is 0 Å². The zero-order chi connectivity index (χ0) is 3.58. The smallest absolute Gasteiger partial charge is 1.00 e. The van der Waals surface area contributed by atoms with Crippen molar-refractivity contribution >= 4 is 9.17 Å². The van der Waals surface area contributed by atoms with Crippen LogP contribution in [0.1, 0.15) is 1.43 Å². The molecular weight excluding hydrogens is 83.0 g/mol. The van der Waals surface area contributed by atoms with Gasteiger partial charge < -0.3 is 11.0 Å². The van der Waals surface area contributed by atoms with E-state index in [2.05, 4.69) is 0 Å². The van der Waals surface area contributed by atoms with Crippen LogP contribution in [0.4, 0.5) is 0 Å². The molecule has 0 aliphatic carbocycles. The molecule has 0 spiro atoms. The molecule has 0 aromatic heterocycles. The van der Waals surface area contributed by atoms with Gasteiger partial charge in [0.2, 0.25) is 0 Å². The average molecular weight is 86.0 g/mol. The molecule has 0 fully saturated rings. The SMILES string of the molecule is O=[Si](O)O.[H-].[Li+]. The standard InChI is InChI=1S/Li.H2O3Si.H/c;1-4(2)3;/h;1-2H;/q+1;;-1. The van der Waals surface area contributed by atoms with Gasteiger partial charge in [-0.3, -0.25) is 4.46 Å². The molecule has 0 heterocycles. The molecule has 0 radical (unpaired) electrons. The van der Waals surface area contributed by atoms with E-state index in [0.717, 1.165) is 0 Å². The van der Waals surface area contributed by atoms with Gasteiger partial charge in [-0.25, -0.2) is 0 Å². The van der Waals surface area contributed by atoms with E-state index in [0.29, 0.717) is 0 Å². The van der Waals surface area contributed by atoms with E-state index in [-0.39, 0.29) is 20.3 Å². The third-order valence-electron chi connectivity index (χ3n) is 0. The normalized spacial score (nSPS) is 4.80. The van der Waals surface area contributed by atoms with Crippen LogP contribution < -0.4 is 18.9 Å². The van der Waals surface area contributed by atoms with Crippen molar-refractivity contribution in [2.45, 2.75) is 0 Å². The summed E-state index contributed by atoms with van der Waals surface area (Å²) < 4.78 is 8.74. The van der Waals surface area contributed by atoms with Crippen molar-refractivity contribution in [1.82, 2.24) is 0 Å². The van der Waals surface area contributed by atoms with Crippen molar-refractivity contribution in [2.24, 2.45) is 0 Å². The molecule has 0 rings (SSSR count). The van der Waals surface area contributed by atoms with E-state index in [9.17, 15) is 0 Å². The zero-order valence-corrected chi connectivity index (χ0v) is 3.80. The molecule has 0 aromatic rings. The number of rotatable bonds is 0. The number of hydrogen-bond acceptors (Lipinski definition) is 1. The molecule has 26 valence electrons. The van der Waals surface area contributed by atoms with E-state index in [1.54, 1.807) is 0 Å². The summed E-state index contributed by atoms with van der Waals surface area (Å²) in [7, 11) is -3.13. The van der Waals surface area contributed by atoms with Crippen LogP contribution in [0.3, 0.4) is 0 Å². The van der Waals surface area contributed by atoms with Gasteiger partial charge in [-0.2, -0.15) is 0 Å². The summed E-state index contributed by atoms with van der Waals surface area (Å²) in [6.45, 7) is 0. The second-order valence-corrected chi connectivity index (χ2v) is 0.848. The van der Waals surface area contributed by atoms with Crippen LogP contribution in [0.2, 0.25) is 0 Å². The zero-order valence-electron chi connectivity index (χ0n) is 3.80. The first-order chi connectivity index (χ1) is 1.73. The maximum Gasteiger partial charge on any atom is 1.00 e. The van der Waals surface area contributed by atoms with Crippen molar-refractivity contribution in [1.29, 1.82) is 0 Å². The summed E-state index contributed by atoms with van der Waals surface area (Å²) in [5.74, 6) is 0. The summed E-state index contributed by atoms with van der Waals surface area (Å²) in [6, 6.07) is 0. The van der Waals surface area contributed by atoms with Gasteiger partial charge in [-0.15, -0.1) is 0 Å². The topological polar surface area (TPSA) is 57.5 Å². The van der Waals surface area contributed by atoms with E-state index in [4.69, 9.17) is 14.1 Å². The molecule has 3 nitrogen and oxygen atoms in total. The molecule has 5 heavy (non-hydrogen) atoms. The van der Waals surface area contributed by atoms with Gasteiger partial charge >= 0.3 is 28.0 Å². The fourth-order valence-electron chi connectivity index (χ4n) is 0. The van der Waals surface area contributed by atoms with Gasteiger partial charge in [0.1, 0.15) is 0 Å². The van der Waals surface area contributed by atoms with Gasteiger partial charge in [-0.05, 0) is 0 Å². The minimum absolute atomic E-state index is 0. The van der Waals surface area contributed by atoms with Gasteiger partial charge in [0.15, 0.2) is 0 Å². The Hall–Kier alpha value is 0.214. The Kier molecular flexibility index (Phi) is 7.55. The fraction of sp³-hybridized carbons (Fsp3) is 0. The van der Waals surface area contributed by atoms with E-state index in [1.165, 1.54) is 0 Å². The van der Waals surface area contributed by atoms with Gasteiger partial charge in [0.05, 0.1) is 0 Å². The van der Waals surface area contributed by atoms with E-state index in [1.807, 2.05) is 0 Å². The molecule has 0 saturated carbocycles. The minimum atomic E-state index is -3.13. The Balaban J connectivity index is -0.0000000450. The summed E-state index contributed by atoms with van der Waals surface area (Å²) in [6.07, 6.45) is 0. The van der Waals surface area contributed by atoms with Crippen molar-refractivity contribution in [3.05, 3.63) is 0 Å². The molecule has 0 saturated heterocycles. The maximum atomic E-state index is 8.74. The van der Waals surface area contributed by atoms with Gasteiger partial charge in [0.25, 0.3) is 0 Å². The van der Waals surface area contributed by atoms with Crippen molar-refractivity contribution < 1.29 is 34.3 Å². The monoisotopic (exact) mass is 86.0 g/mol. The van der Waals surface area contributed by atoms with Crippen LogP contribution in [0, 0.1) is 0 Å². The average Bonchev–Trinajstić information content (AvgIpc) is 0.811. The molecule has 0 bridgehead atoms. The summed E-state index contributed by atoms with van der Waals surface area (Å²) >= 11 is 0. The first kappa shape index (κ1) is 8.96. The molecule has 0 aliphatic heterocycles. The molecule has 5 heteroatoms. The van der Waals surface area contributed by atoms with Crippen molar-refractivity contribution in [2.75, 3.05) is 0 Å². The first-order valence-electron chi connectivity index (χ1n) is 0.651. The molecule has 0 unspecified atom stereocenters. The van der Waals surface area contributed by atoms with Crippen LogP contribution in [0.5, 0.6) is 0 Å². The Morgan fingerprint density at radius 2 is 1.60 bits per heavy atom. The largest absolute Gasteiger partial charge is 1.00 e.